The Morgan fingerprint density at radius 2 is 1.90 bits per heavy atom. The lowest BCUT2D eigenvalue weighted by Crippen LogP contribution is -2.26. The van der Waals surface area contributed by atoms with E-state index in [9.17, 15) is 4.79 Å². The molecule has 0 aliphatic heterocycles. The maximum absolute atomic E-state index is 12.2. The number of nitrogens with two attached hydrogens (primary N) is 1. The summed E-state index contributed by atoms with van der Waals surface area (Å²) in [5.74, 6) is 0. The molecule has 21 heavy (non-hydrogen) atoms. The monoisotopic (exact) mass is 286 g/mol. The molecule has 0 fully saturated rings. The quantitative estimate of drug-likeness (QED) is 0.789. The van der Waals surface area contributed by atoms with Gasteiger partial charge in [0.05, 0.1) is 5.52 Å². The number of carbonyl (C=O) groups excluding carboxylic acids is 1. The molecule has 0 radical (unpaired) electrons. The molecule has 0 atom stereocenters. The highest BCUT2D eigenvalue weighted by Crippen LogP contribution is 2.28. The number of ether oxygens (including phenoxy) is 1. The predicted octanol–water partition coefficient (Wildman–Crippen LogP) is 4.43. The average Bonchev–Trinajstić information content (AvgIpc) is 2.74. The van der Waals surface area contributed by atoms with Crippen molar-refractivity contribution in [2.24, 2.45) is 0 Å². The molecule has 1 heterocycles. The maximum atomic E-state index is 12.2. The van der Waals surface area contributed by atoms with Crippen molar-refractivity contribution in [3.05, 3.63) is 35.5 Å². The molecule has 0 saturated carbocycles. The number of nitrogens with zero attached hydrogens (tertiary/aromatic N) is 1. The van der Waals surface area contributed by atoms with Crippen molar-refractivity contribution in [1.82, 2.24) is 4.57 Å². The van der Waals surface area contributed by atoms with Gasteiger partial charge in [0.25, 0.3) is 0 Å². The molecule has 1 aromatic heterocycles. The molecule has 0 aliphatic carbocycles. The first-order valence-corrected chi connectivity index (χ1v) is 6.97. The lowest BCUT2D eigenvalue weighted by atomic mass is 10.1. The molecule has 0 spiro atoms. The van der Waals surface area contributed by atoms with Gasteiger partial charge in [-0.05, 0) is 52.8 Å². The Labute approximate surface area is 125 Å². The van der Waals surface area contributed by atoms with Crippen molar-refractivity contribution in [3.8, 4) is 0 Å². The first kappa shape index (κ1) is 15.2. The SMILES string of the molecule is CC(C)=Cc1c(N)ccc2c1ccn2C(=O)OC(C)(C)C. The number of fused-ring (bicyclic) bond motifs is 1. The number of hydrogen-bond donors (Lipinski definition) is 1. The number of hydrogen-bond acceptors (Lipinski definition) is 3. The van der Waals surface area contributed by atoms with Crippen LogP contribution in [0.25, 0.3) is 17.0 Å². The van der Waals surface area contributed by atoms with Crippen LogP contribution in [0.1, 0.15) is 40.2 Å². The summed E-state index contributed by atoms with van der Waals surface area (Å²) in [6.07, 6.45) is 3.36. The molecule has 2 rings (SSSR count). The fourth-order valence-electron chi connectivity index (χ4n) is 2.18. The standard InChI is InChI=1S/C17H22N2O2/c1-11(2)10-13-12-8-9-19(15(12)7-6-14(13)18)16(20)21-17(3,4)5/h6-10H,18H2,1-5H3. The summed E-state index contributed by atoms with van der Waals surface area (Å²) in [5, 5.41) is 0.946. The highest BCUT2D eigenvalue weighted by molar-refractivity contribution is 5.98. The maximum Gasteiger partial charge on any atom is 0.418 e. The summed E-state index contributed by atoms with van der Waals surface area (Å²) in [6, 6.07) is 5.55. The zero-order valence-electron chi connectivity index (χ0n) is 13.2. The minimum absolute atomic E-state index is 0.384. The van der Waals surface area contributed by atoms with Gasteiger partial charge in [0.2, 0.25) is 0 Å². The van der Waals surface area contributed by atoms with E-state index in [1.807, 2.05) is 58.9 Å². The van der Waals surface area contributed by atoms with Crippen LogP contribution in [0, 0.1) is 0 Å². The summed E-state index contributed by atoms with van der Waals surface area (Å²) < 4.78 is 6.93. The zero-order chi connectivity index (χ0) is 15.8. The Kier molecular flexibility index (Phi) is 3.81. The predicted molar refractivity (Wildman–Crippen MR) is 87.3 cm³/mol. The lowest BCUT2D eigenvalue weighted by Gasteiger charge is -2.19. The molecule has 0 aliphatic rings. The van der Waals surface area contributed by atoms with Crippen LogP contribution < -0.4 is 5.73 Å². The van der Waals surface area contributed by atoms with E-state index in [2.05, 4.69) is 0 Å². The summed E-state index contributed by atoms with van der Waals surface area (Å²) in [4.78, 5) is 12.2. The van der Waals surface area contributed by atoms with E-state index < -0.39 is 5.60 Å². The average molecular weight is 286 g/mol. The van der Waals surface area contributed by atoms with Gasteiger partial charge in [-0.2, -0.15) is 0 Å². The number of nitrogen functional groups attached to an aromatic ring is 1. The molecule has 0 bridgehead atoms. The van der Waals surface area contributed by atoms with E-state index in [1.165, 1.54) is 4.57 Å². The van der Waals surface area contributed by atoms with Gasteiger partial charge >= 0.3 is 6.09 Å². The van der Waals surface area contributed by atoms with Gasteiger partial charge < -0.3 is 10.5 Å². The fraction of sp³-hybridized carbons (Fsp3) is 0.353. The van der Waals surface area contributed by atoms with E-state index in [4.69, 9.17) is 10.5 Å². The van der Waals surface area contributed by atoms with Gasteiger partial charge in [-0.3, -0.25) is 4.57 Å². The molecule has 0 saturated heterocycles. The van der Waals surface area contributed by atoms with Crippen molar-refractivity contribution in [2.75, 3.05) is 5.73 Å². The van der Waals surface area contributed by atoms with Crippen LogP contribution >= 0.6 is 0 Å². The fourth-order valence-corrected chi connectivity index (χ4v) is 2.18. The number of allylic oxidation sites excluding steroid dienone is 1. The molecular formula is C17H22N2O2. The van der Waals surface area contributed by atoms with Gasteiger partial charge in [0, 0.05) is 22.8 Å². The highest BCUT2D eigenvalue weighted by atomic mass is 16.6. The van der Waals surface area contributed by atoms with Crippen LogP contribution in [0.5, 0.6) is 0 Å². The molecule has 4 heteroatoms. The lowest BCUT2D eigenvalue weighted by molar-refractivity contribution is 0.0544. The second-order valence-electron chi connectivity index (χ2n) is 6.39. The molecule has 2 aromatic rings. The van der Waals surface area contributed by atoms with Crippen molar-refractivity contribution < 1.29 is 9.53 Å². The summed E-state index contributed by atoms with van der Waals surface area (Å²) >= 11 is 0. The number of benzene rings is 1. The van der Waals surface area contributed by atoms with Crippen LogP contribution in [-0.2, 0) is 4.74 Å². The summed E-state index contributed by atoms with van der Waals surface area (Å²) in [7, 11) is 0. The summed E-state index contributed by atoms with van der Waals surface area (Å²) in [6.45, 7) is 9.59. The van der Waals surface area contributed by atoms with Crippen LogP contribution in [-0.4, -0.2) is 16.3 Å². The first-order valence-electron chi connectivity index (χ1n) is 6.97. The second kappa shape index (κ2) is 5.28. The minimum atomic E-state index is -0.524. The topological polar surface area (TPSA) is 57.2 Å². The van der Waals surface area contributed by atoms with Gasteiger partial charge in [-0.25, -0.2) is 4.79 Å². The van der Waals surface area contributed by atoms with Crippen molar-refractivity contribution in [3.63, 3.8) is 0 Å². The largest absolute Gasteiger partial charge is 0.443 e. The normalized spacial score (nSPS) is 11.5. The third-order valence-electron chi connectivity index (χ3n) is 2.97. The van der Waals surface area contributed by atoms with Gasteiger partial charge in [-0.1, -0.05) is 11.6 Å². The van der Waals surface area contributed by atoms with Crippen molar-refractivity contribution in [2.45, 2.75) is 40.2 Å². The van der Waals surface area contributed by atoms with Crippen LogP contribution in [0.4, 0.5) is 10.5 Å². The van der Waals surface area contributed by atoms with E-state index in [0.717, 1.165) is 22.0 Å². The number of anilines is 1. The Morgan fingerprint density at radius 3 is 2.48 bits per heavy atom. The third kappa shape index (κ3) is 3.27. The molecule has 1 aromatic carbocycles. The van der Waals surface area contributed by atoms with Crippen LogP contribution in [0.2, 0.25) is 0 Å². The Bertz CT molecular complexity index is 714. The van der Waals surface area contributed by atoms with E-state index in [0.29, 0.717) is 5.69 Å². The second-order valence-corrected chi connectivity index (χ2v) is 6.39. The number of aromatic nitrogens is 1. The number of carbonyl (C=O) groups is 1. The smallest absolute Gasteiger partial charge is 0.418 e. The molecule has 2 N–H and O–H groups in total. The first-order chi connectivity index (χ1) is 9.69. The summed E-state index contributed by atoms with van der Waals surface area (Å²) in [5.41, 5.74) is 9.12. The van der Waals surface area contributed by atoms with E-state index in [-0.39, 0.29) is 6.09 Å². The van der Waals surface area contributed by atoms with Gasteiger partial charge in [0.15, 0.2) is 0 Å². The molecule has 112 valence electrons. The highest BCUT2D eigenvalue weighted by Gasteiger charge is 2.19. The molecule has 4 nitrogen and oxygen atoms in total. The zero-order valence-corrected chi connectivity index (χ0v) is 13.2. The molecule has 0 amide bonds. The number of rotatable bonds is 1. The Balaban J connectivity index is 2.56. The van der Waals surface area contributed by atoms with Gasteiger partial charge in [0.1, 0.15) is 5.60 Å². The van der Waals surface area contributed by atoms with Crippen molar-refractivity contribution in [1.29, 1.82) is 0 Å². The molecular weight excluding hydrogens is 264 g/mol. The van der Waals surface area contributed by atoms with Crippen LogP contribution in [0.15, 0.2) is 30.0 Å². The minimum Gasteiger partial charge on any atom is -0.443 e. The Hall–Kier alpha value is -2.23. The van der Waals surface area contributed by atoms with Gasteiger partial charge in [-0.15, -0.1) is 0 Å². The Morgan fingerprint density at radius 1 is 1.24 bits per heavy atom. The third-order valence-corrected chi connectivity index (χ3v) is 2.97. The van der Waals surface area contributed by atoms with Crippen LogP contribution in [0.3, 0.4) is 0 Å². The molecule has 0 unspecified atom stereocenters. The van der Waals surface area contributed by atoms with E-state index >= 15 is 0 Å². The van der Waals surface area contributed by atoms with Crippen molar-refractivity contribution >= 4 is 28.8 Å². The van der Waals surface area contributed by atoms with E-state index in [1.54, 1.807) is 6.20 Å².